The lowest BCUT2D eigenvalue weighted by atomic mass is 9.74. The van der Waals surface area contributed by atoms with Gasteiger partial charge in [-0.3, -0.25) is 4.68 Å². The van der Waals surface area contributed by atoms with Gasteiger partial charge >= 0.3 is 0 Å². The van der Waals surface area contributed by atoms with E-state index in [0.717, 1.165) is 17.9 Å². The summed E-state index contributed by atoms with van der Waals surface area (Å²) >= 11 is 0. The zero-order chi connectivity index (χ0) is 13.7. The third-order valence-corrected chi connectivity index (χ3v) is 4.72. The Labute approximate surface area is 117 Å². The number of nitrogens with one attached hydrogen (secondary N) is 1. The van der Waals surface area contributed by atoms with Gasteiger partial charge in [-0.1, -0.05) is 19.8 Å². The maximum absolute atomic E-state index is 4.26. The largest absolute Gasteiger partial charge is 0.317 e. The number of hydrogen-bond acceptors (Lipinski definition) is 2. The molecule has 0 bridgehead atoms. The molecular formula is C16H29N3. The summed E-state index contributed by atoms with van der Waals surface area (Å²) in [5, 5.41) is 7.80. The van der Waals surface area contributed by atoms with E-state index in [1.165, 1.54) is 50.5 Å². The highest BCUT2D eigenvalue weighted by molar-refractivity contribution is 5.04. The predicted molar refractivity (Wildman–Crippen MR) is 80.1 cm³/mol. The molecule has 1 aromatic heterocycles. The first-order valence-electron chi connectivity index (χ1n) is 7.87. The van der Waals surface area contributed by atoms with Gasteiger partial charge in [0.2, 0.25) is 0 Å². The van der Waals surface area contributed by atoms with Gasteiger partial charge in [-0.2, -0.15) is 5.10 Å². The Morgan fingerprint density at radius 3 is 2.84 bits per heavy atom. The fourth-order valence-corrected chi connectivity index (χ4v) is 3.68. The second-order valence-electron chi connectivity index (χ2n) is 6.18. The molecule has 0 saturated heterocycles. The van der Waals surface area contributed by atoms with Crippen molar-refractivity contribution in [3.63, 3.8) is 0 Å². The first kappa shape index (κ1) is 14.6. The van der Waals surface area contributed by atoms with E-state index in [1.54, 1.807) is 0 Å². The van der Waals surface area contributed by atoms with E-state index in [2.05, 4.69) is 30.6 Å². The van der Waals surface area contributed by atoms with Crippen LogP contribution in [0.3, 0.4) is 0 Å². The Morgan fingerprint density at radius 1 is 1.37 bits per heavy atom. The Morgan fingerprint density at radius 2 is 2.21 bits per heavy atom. The molecule has 1 heterocycles. The van der Waals surface area contributed by atoms with Crippen LogP contribution in [-0.4, -0.2) is 22.9 Å². The molecule has 0 aromatic carbocycles. The van der Waals surface area contributed by atoms with E-state index in [4.69, 9.17) is 0 Å². The fraction of sp³-hybridized carbons (Fsp3) is 0.812. The van der Waals surface area contributed by atoms with Gasteiger partial charge in [-0.15, -0.1) is 0 Å². The van der Waals surface area contributed by atoms with Crippen LogP contribution in [-0.2, 0) is 13.5 Å². The monoisotopic (exact) mass is 263 g/mol. The lowest BCUT2D eigenvalue weighted by Crippen LogP contribution is -2.38. The molecule has 3 unspecified atom stereocenters. The van der Waals surface area contributed by atoms with Gasteiger partial charge in [0.25, 0.3) is 0 Å². The molecule has 108 valence electrons. The maximum atomic E-state index is 4.26. The summed E-state index contributed by atoms with van der Waals surface area (Å²) < 4.78 is 1.91. The third-order valence-electron chi connectivity index (χ3n) is 4.72. The van der Waals surface area contributed by atoms with Gasteiger partial charge in [0.05, 0.1) is 6.20 Å². The van der Waals surface area contributed by atoms with Crippen molar-refractivity contribution in [3.05, 3.63) is 18.0 Å². The molecular weight excluding hydrogens is 234 g/mol. The molecule has 1 aromatic rings. The summed E-state index contributed by atoms with van der Waals surface area (Å²) in [6.45, 7) is 2.31. The van der Waals surface area contributed by atoms with Crippen LogP contribution in [0.2, 0.25) is 0 Å². The molecule has 1 fully saturated rings. The molecule has 2 rings (SSSR count). The van der Waals surface area contributed by atoms with Crippen molar-refractivity contribution in [3.8, 4) is 0 Å². The molecule has 0 aliphatic heterocycles. The van der Waals surface area contributed by atoms with Crippen LogP contribution in [0.15, 0.2) is 12.4 Å². The molecule has 0 spiro atoms. The van der Waals surface area contributed by atoms with Crippen molar-refractivity contribution < 1.29 is 0 Å². The van der Waals surface area contributed by atoms with E-state index in [9.17, 15) is 0 Å². The average molecular weight is 263 g/mol. The Balaban J connectivity index is 1.87. The van der Waals surface area contributed by atoms with E-state index in [-0.39, 0.29) is 0 Å². The Kier molecular flexibility index (Phi) is 5.44. The minimum atomic E-state index is 0.727. The van der Waals surface area contributed by atoms with Crippen LogP contribution < -0.4 is 5.32 Å². The quantitative estimate of drug-likeness (QED) is 0.854. The SMILES string of the molecule is CCCC1CCC(NC)C(CCc2cnn(C)c2)C1. The summed E-state index contributed by atoms with van der Waals surface area (Å²) in [6, 6.07) is 0.727. The predicted octanol–water partition coefficient (Wildman–Crippen LogP) is 3.16. The van der Waals surface area contributed by atoms with Crippen molar-refractivity contribution in [2.24, 2.45) is 18.9 Å². The summed E-state index contributed by atoms with van der Waals surface area (Å²) in [7, 11) is 4.12. The van der Waals surface area contributed by atoms with E-state index in [1.807, 2.05) is 17.9 Å². The highest BCUT2D eigenvalue weighted by atomic mass is 15.2. The molecule has 1 aliphatic carbocycles. The number of aryl methyl sites for hydroxylation is 2. The van der Waals surface area contributed by atoms with Gasteiger partial charge in [-0.05, 0) is 56.6 Å². The normalized spacial score (nSPS) is 27.6. The fourth-order valence-electron chi connectivity index (χ4n) is 3.68. The molecule has 0 radical (unpaired) electrons. The zero-order valence-electron chi connectivity index (χ0n) is 12.7. The second kappa shape index (κ2) is 7.09. The van der Waals surface area contributed by atoms with E-state index >= 15 is 0 Å². The van der Waals surface area contributed by atoms with Gasteiger partial charge in [-0.25, -0.2) is 0 Å². The second-order valence-corrected chi connectivity index (χ2v) is 6.18. The van der Waals surface area contributed by atoms with Crippen molar-refractivity contribution in [1.82, 2.24) is 15.1 Å². The van der Waals surface area contributed by atoms with Crippen molar-refractivity contribution in [2.45, 2.75) is 57.9 Å². The lowest BCUT2D eigenvalue weighted by molar-refractivity contribution is 0.192. The van der Waals surface area contributed by atoms with E-state index in [0.29, 0.717) is 0 Å². The van der Waals surface area contributed by atoms with Crippen molar-refractivity contribution in [1.29, 1.82) is 0 Å². The minimum absolute atomic E-state index is 0.727. The molecule has 1 saturated carbocycles. The van der Waals surface area contributed by atoms with Crippen LogP contribution in [0.1, 0.15) is 51.0 Å². The van der Waals surface area contributed by atoms with Gasteiger partial charge < -0.3 is 5.32 Å². The topological polar surface area (TPSA) is 29.9 Å². The highest BCUT2D eigenvalue weighted by Gasteiger charge is 2.28. The standard InChI is InChI=1S/C16H29N3/c1-4-5-13-7-9-16(17-2)15(10-13)8-6-14-11-18-19(3)12-14/h11-13,15-17H,4-10H2,1-3H3. The summed E-state index contributed by atoms with van der Waals surface area (Å²) in [5.41, 5.74) is 1.38. The number of hydrogen-bond donors (Lipinski definition) is 1. The van der Waals surface area contributed by atoms with Crippen LogP contribution >= 0.6 is 0 Å². The first-order valence-corrected chi connectivity index (χ1v) is 7.87. The van der Waals surface area contributed by atoms with Gasteiger partial charge in [0.15, 0.2) is 0 Å². The molecule has 1 aliphatic rings. The van der Waals surface area contributed by atoms with Crippen LogP contribution in [0.25, 0.3) is 0 Å². The Bertz CT molecular complexity index is 372. The van der Waals surface area contributed by atoms with Gasteiger partial charge in [0.1, 0.15) is 0 Å². The smallest absolute Gasteiger partial charge is 0.0521 e. The molecule has 19 heavy (non-hydrogen) atoms. The van der Waals surface area contributed by atoms with Gasteiger partial charge in [0, 0.05) is 19.3 Å². The summed E-state index contributed by atoms with van der Waals surface area (Å²) in [6.07, 6.45) is 13.6. The van der Waals surface area contributed by atoms with Crippen LogP contribution in [0.4, 0.5) is 0 Å². The Hall–Kier alpha value is -0.830. The molecule has 1 N–H and O–H groups in total. The summed E-state index contributed by atoms with van der Waals surface area (Å²) in [4.78, 5) is 0. The van der Waals surface area contributed by atoms with Crippen LogP contribution in [0.5, 0.6) is 0 Å². The lowest BCUT2D eigenvalue weighted by Gasteiger charge is -2.36. The third kappa shape index (κ3) is 4.07. The highest BCUT2D eigenvalue weighted by Crippen LogP contribution is 2.34. The average Bonchev–Trinajstić information content (AvgIpc) is 2.83. The summed E-state index contributed by atoms with van der Waals surface area (Å²) in [5.74, 6) is 1.81. The van der Waals surface area contributed by atoms with Crippen molar-refractivity contribution in [2.75, 3.05) is 7.05 Å². The molecule has 0 amide bonds. The number of nitrogens with zero attached hydrogens (tertiary/aromatic N) is 2. The molecule has 3 heteroatoms. The first-order chi connectivity index (χ1) is 9.22. The number of rotatable bonds is 6. The van der Waals surface area contributed by atoms with Crippen molar-refractivity contribution >= 4 is 0 Å². The zero-order valence-corrected chi connectivity index (χ0v) is 12.7. The maximum Gasteiger partial charge on any atom is 0.0521 e. The number of aromatic nitrogens is 2. The van der Waals surface area contributed by atoms with E-state index < -0.39 is 0 Å². The van der Waals surface area contributed by atoms with Crippen LogP contribution in [0, 0.1) is 11.8 Å². The molecule has 3 atom stereocenters. The molecule has 3 nitrogen and oxygen atoms in total. The minimum Gasteiger partial charge on any atom is -0.317 e.